The Labute approximate surface area is 146 Å². The van der Waals surface area contributed by atoms with Gasteiger partial charge in [-0.25, -0.2) is 8.42 Å². The van der Waals surface area contributed by atoms with Crippen molar-refractivity contribution in [2.24, 2.45) is 0 Å². The molecule has 1 rings (SSSR count). The molecule has 24 heavy (non-hydrogen) atoms. The molecule has 5 nitrogen and oxygen atoms in total. The second-order valence-corrected chi connectivity index (χ2v) is 7.89. The van der Waals surface area contributed by atoms with E-state index >= 15 is 0 Å². The van der Waals surface area contributed by atoms with Crippen LogP contribution in [0.4, 0.5) is 5.69 Å². The average molecular weight is 355 g/mol. The van der Waals surface area contributed by atoms with Gasteiger partial charge in [-0.15, -0.1) is 0 Å². The molecule has 6 heteroatoms. The van der Waals surface area contributed by atoms with Gasteiger partial charge >= 0.3 is 0 Å². The molecule has 0 aliphatic heterocycles. The molecule has 0 bridgehead atoms. The van der Waals surface area contributed by atoms with Crippen LogP contribution in [0.5, 0.6) is 0 Å². The van der Waals surface area contributed by atoms with E-state index in [-0.39, 0.29) is 18.9 Å². The summed E-state index contributed by atoms with van der Waals surface area (Å²) in [6.07, 6.45) is 4.09. The van der Waals surface area contributed by atoms with E-state index in [1.807, 2.05) is 30.9 Å². The maximum Gasteiger partial charge on any atom is 0.232 e. The molecule has 0 unspecified atom stereocenters. The third-order valence-electron chi connectivity index (χ3n) is 3.90. The number of hydrogen-bond acceptors (Lipinski definition) is 3. The topological polar surface area (TPSA) is 57.7 Å². The normalized spacial score (nSPS) is 11.3. The first-order valence-corrected chi connectivity index (χ1v) is 10.5. The number of nitrogens with zero attached hydrogens (tertiary/aromatic N) is 2. The van der Waals surface area contributed by atoms with Crippen LogP contribution in [0.25, 0.3) is 0 Å². The Bertz CT molecular complexity index is 606. The SMILES string of the molecule is CCCN(CCC)C(=O)CCN(c1ccc(CC)cc1)S(C)(=O)=O. The molecule has 0 atom stereocenters. The molecular weight excluding hydrogens is 324 g/mol. The molecule has 1 aromatic carbocycles. The molecule has 0 heterocycles. The minimum Gasteiger partial charge on any atom is -0.343 e. The van der Waals surface area contributed by atoms with Gasteiger partial charge in [0.15, 0.2) is 0 Å². The van der Waals surface area contributed by atoms with Gasteiger partial charge in [0.1, 0.15) is 0 Å². The smallest absolute Gasteiger partial charge is 0.232 e. The minimum absolute atomic E-state index is 0.0116. The summed E-state index contributed by atoms with van der Waals surface area (Å²) in [5.41, 5.74) is 1.76. The highest BCUT2D eigenvalue weighted by Crippen LogP contribution is 2.19. The van der Waals surface area contributed by atoms with E-state index in [9.17, 15) is 13.2 Å². The van der Waals surface area contributed by atoms with E-state index in [0.29, 0.717) is 5.69 Å². The van der Waals surface area contributed by atoms with Crippen molar-refractivity contribution in [2.75, 3.05) is 30.2 Å². The van der Waals surface area contributed by atoms with Crippen molar-refractivity contribution >= 4 is 21.6 Å². The van der Waals surface area contributed by atoms with Crippen molar-refractivity contribution in [3.63, 3.8) is 0 Å². The van der Waals surface area contributed by atoms with E-state index < -0.39 is 10.0 Å². The Hall–Kier alpha value is -1.56. The summed E-state index contributed by atoms with van der Waals surface area (Å²) in [6, 6.07) is 7.46. The van der Waals surface area contributed by atoms with Crippen molar-refractivity contribution in [1.29, 1.82) is 0 Å². The fourth-order valence-corrected chi connectivity index (χ4v) is 3.57. The summed E-state index contributed by atoms with van der Waals surface area (Å²) in [4.78, 5) is 14.2. The number of hydrogen-bond donors (Lipinski definition) is 0. The van der Waals surface area contributed by atoms with Gasteiger partial charge in [-0.05, 0) is 37.0 Å². The quantitative estimate of drug-likeness (QED) is 0.649. The van der Waals surface area contributed by atoms with Gasteiger partial charge in [-0.2, -0.15) is 0 Å². The predicted molar refractivity (Wildman–Crippen MR) is 99.8 cm³/mol. The summed E-state index contributed by atoms with van der Waals surface area (Å²) in [5.74, 6) is 0.0116. The van der Waals surface area contributed by atoms with Crippen LogP contribution in [0.2, 0.25) is 0 Å². The number of rotatable bonds is 10. The van der Waals surface area contributed by atoms with Crippen LogP contribution < -0.4 is 4.31 Å². The monoisotopic (exact) mass is 354 g/mol. The van der Waals surface area contributed by atoms with Gasteiger partial charge in [-0.3, -0.25) is 9.10 Å². The second-order valence-electron chi connectivity index (χ2n) is 5.99. The molecule has 0 aliphatic carbocycles. The Balaban J connectivity index is 2.85. The number of aryl methyl sites for hydroxylation is 1. The Morgan fingerprint density at radius 1 is 0.958 bits per heavy atom. The van der Waals surface area contributed by atoms with E-state index in [0.717, 1.165) is 37.9 Å². The van der Waals surface area contributed by atoms with Crippen LogP contribution in [0, 0.1) is 0 Å². The van der Waals surface area contributed by atoms with Gasteiger partial charge in [0.2, 0.25) is 15.9 Å². The molecule has 0 aliphatic rings. The number of anilines is 1. The van der Waals surface area contributed by atoms with Gasteiger partial charge in [0.25, 0.3) is 0 Å². The molecule has 0 spiro atoms. The first kappa shape index (κ1) is 20.5. The fraction of sp³-hybridized carbons (Fsp3) is 0.611. The molecule has 0 aromatic heterocycles. The van der Waals surface area contributed by atoms with Crippen LogP contribution >= 0.6 is 0 Å². The lowest BCUT2D eigenvalue weighted by Gasteiger charge is -2.25. The molecule has 0 fully saturated rings. The Morgan fingerprint density at radius 3 is 1.92 bits per heavy atom. The summed E-state index contributed by atoms with van der Waals surface area (Å²) in [7, 11) is -3.42. The van der Waals surface area contributed by atoms with Crippen LogP contribution in [0.15, 0.2) is 24.3 Å². The zero-order chi connectivity index (χ0) is 18.2. The standard InChI is InChI=1S/C18H30N2O3S/c1-5-13-19(14-6-2)18(21)12-15-20(24(4,22)23)17-10-8-16(7-3)9-11-17/h8-11H,5-7,12-15H2,1-4H3. The molecule has 1 amide bonds. The van der Waals surface area contributed by atoms with Crippen LogP contribution in [-0.2, 0) is 21.2 Å². The van der Waals surface area contributed by atoms with Gasteiger partial charge in [0, 0.05) is 26.1 Å². The van der Waals surface area contributed by atoms with Crippen molar-refractivity contribution < 1.29 is 13.2 Å². The molecule has 0 saturated heterocycles. The fourth-order valence-electron chi connectivity index (χ4n) is 2.64. The lowest BCUT2D eigenvalue weighted by atomic mass is 10.1. The number of benzene rings is 1. The van der Waals surface area contributed by atoms with Crippen molar-refractivity contribution in [2.45, 2.75) is 46.5 Å². The zero-order valence-corrected chi connectivity index (χ0v) is 16.1. The molecule has 0 saturated carbocycles. The first-order chi connectivity index (χ1) is 11.3. The molecule has 0 N–H and O–H groups in total. The van der Waals surface area contributed by atoms with Crippen LogP contribution in [0.1, 0.15) is 45.6 Å². The predicted octanol–water partition coefficient (Wildman–Crippen LogP) is 3.05. The third kappa shape index (κ3) is 6.15. The third-order valence-corrected chi connectivity index (χ3v) is 5.10. The second kappa shape index (κ2) is 9.67. The minimum atomic E-state index is -3.42. The maximum atomic E-state index is 12.4. The first-order valence-electron chi connectivity index (χ1n) is 8.67. The number of amides is 1. The Morgan fingerprint density at radius 2 is 1.50 bits per heavy atom. The molecule has 136 valence electrons. The number of carbonyl (C=O) groups excluding carboxylic acids is 1. The highest BCUT2D eigenvalue weighted by Gasteiger charge is 2.20. The number of sulfonamides is 1. The summed E-state index contributed by atoms with van der Waals surface area (Å²) < 4.78 is 25.6. The van der Waals surface area contributed by atoms with Crippen LogP contribution in [0.3, 0.4) is 0 Å². The maximum absolute atomic E-state index is 12.4. The summed E-state index contributed by atoms with van der Waals surface area (Å²) in [6.45, 7) is 7.74. The van der Waals surface area contributed by atoms with E-state index in [2.05, 4.69) is 6.92 Å². The average Bonchev–Trinajstić information content (AvgIpc) is 2.54. The van der Waals surface area contributed by atoms with Gasteiger partial charge in [0.05, 0.1) is 11.9 Å². The molecule has 1 aromatic rings. The highest BCUT2D eigenvalue weighted by atomic mass is 32.2. The summed E-state index contributed by atoms with van der Waals surface area (Å²) in [5, 5.41) is 0. The summed E-state index contributed by atoms with van der Waals surface area (Å²) >= 11 is 0. The van der Waals surface area contributed by atoms with Crippen molar-refractivity contribution in [3.8, 4) is 0 Å². The van der Waals surface area contributed by atoms with Gasteiger partial charge < -0.3 is 4.90 Å². The lowest BCUT2D eigenvalue weighted by Crippen LogP contribution is -2.37. The van der Waals surface area contributed by atoms with Gasteiger partial charge in [-0.1, -0.05) is 32.9 Å². The Kier molecular flexibility index (Phi) is 8.25. The lowest BCUT2D eigenvalue weighted by molar-refractivity contribution is -0.131. The largest absolute Gasteiger partial charge is 0.343 e. The highest BCUT2D eigenvalue weighted by molar-refractivity contribution is 7.92. The van der Waals surface area contributed by atoms with Crippen molar-refractivity contribution in [3.05, 3.63) is 29.8 Å². The van der Waals surface area contributed by atoms with E-state index in [1.165, 1.54) is 10.6 Å². The zero-order valence-electron chi connectivity index (χ0n) is 15.3. The molecular formula is C18H30N2O3S. The van der Waals surface area contributed by atoms with Crippen LogP contribution in [-0.4, -0.2) is 45.1 Å². The van der Waals surface area contributed by atoms with E-state index in [4.69, 9.17) is 0 Å². The van der Waals surface area contributed by atoms with Crippen molar-refractivity contribution in [1.82, 2.24) is 4.90 Å². The van der Waals surface area contributed by atoms with E-state index in [1.54, 1.807) is 12.1 Å². The number of carbonyl (C=O) groups is 1. The molecule has 0 radical (unpaired) electrons.